The molecule has 0 spiro atoms. The summed E-state index contributed by atoms with van der Waals surface area (Å²) in [5.41, 5.74) is 0.150. The SMILES string of the molecule is CCOC(=O)c1nc(-c2ccc(Br)cc2F)no1. The third kappa shape index (κ3) is 2.56. The number of ether oxygens (including phenoxy) is 1. The summed E-state index contributed by atoms with van der Waals surface area (Å²) in [6, 6.07) is 4.40. The van der Waals surface area contributed by atoms with Gasteiger partial charge < -0.3 is 9.26 Å². The van der Waals surface area contributed by atoms with Gasteiger partial charge in [0.15, 0.2) is 0 Å². The molecule has 0 saturated carbocycles. The van der Waals surface area contributed by atoms with E-state index in [2.05, 4.69) is 26.1 Å². The van der Waals surface area contributed by atoms with Crippen LogP contribution in [-0.2, 0) is 4.74 Å². The Bertz CT molecular complexity index is 585. The molecule has 2 aromatic rings. The van der Waals surface area contributed by atoms with Gasteiger partial charge in [0.1, 0.15) is 5.82 Å². The first-order chi connectivity index (χ1) is 8.61. The largest absolute Gasteiger partial charge is 0.459 e. The van der Waals surface area contributed by atoms with E-state index in [1.54, 1.807) is 13.0 Å². The summed E-state index contributed by atoms with van der Waals surface area (Å²) < 4.78 is 23.6. The lowest BCUT2D eigenvalue weighted by Crippen LogP contribution is -2.04. The van der Waals surface area contributed by atoms with Gasteiger partial charge in [-0.05, 0) is 25.1 Å². The molecule has 94 valence electrons. The molecule has 5 nitrogen and oxygen atoms in total. The monoisotopic (exact) mass is 314 g/mol. The topological polar surface area (TPSA) is 65.2 Å². The molecule has 0 N–H and O–H groups in total. The third-order valence-corrected chi connectivity index (χ3v) is 2.54. The molecule has 0 saturated heterocycles. The fraction of sp³-hybridized carbons (Fsp3) is 0.182. The maximum Gasteiger partial charge on any atom is 0.397 e. The second-order valence-corrected chi connectivity index (χ2v) is 4.18. The Morgan fingerprint density at radius 1 is 1.56 bits per heavy atom. The number of rotatable bonds is 3. The highest BCUT2D eigenvalue weighted by atomic mass is 79.9. The Labute approximate surface area is 110 Å². The minimum Gasteiger partial charge on any atom is -0.459 e. The van der Waals surface area contributed by atoms with Crippen LogP contribution in [0, 0.1) is 5.82 Å². The average molecular weight is 315 g/mol. The average Bonchev–Trinajstić information content (AvgIpc) is 2.78. The van der Waals surface area contributed by atoms with Crippen molar-refractivity contribution in [2.24, 2.45) is 0 Å². The maximum atomic E-state index is 13.6. The van der Waals surface area contributed by atoms with E-state index < -0.39 is 11.8 Å². The molecular weight excluding hydrogens is 307 g/mol. The molecular formula is C11H8BrFN2O3. The molecule has 0 atom stereocenters. The molecule has 0 aliphatic heterocycles. The lowest BCUT2D eigenvalue weighted by atomic mass is 10.2. The smallest absolute Gasteiger partial charge is 0.397 e. The van der Waals surface area contributed by atoms with E-state index in [1.165, 1.54) is 12.1 Å². The second-order valence-electron chi connectivity index (χ2n) is 3.27. The van der Waals surface area contributed by atoms with Crippen molar-refractivity contribution in [2.45, 2.75) is 6.92 Å². The summed E-state index contributed by atoms with van der Waals surface area (Å²) in [5, 5.41) is 3.54. The Morgan fingerprint density at radius 3 is 3.00 bits per heavy atom. The number of nitrogens with zero attached hydrogens (tertiary/aromatic N) is 2. The van der Waals surface area contributed by atoms with Crippen molar-refractivity contribution in [3.8, 4) is 11.4 Å². The van der Waals surface area contributed by atoms with Gasteiger partial charge >= 0.3 is 11.9 Å². The number of halogens is 2. The normalized spacial score (nSPS) is 10.4. The first-order valence-corrected chi connectivity index (χ1v) is 5.87. The van der Waals surface area contributed by atoms with Crippen molar-refractivity contribution in [3.63, 3.8) is 0 Å². The summed E-state index contributed by atoms with van der Waals surface area (Å²) in [6.07, 6.45) is 0. The fourth-order valence-corrected chi connectivity index (χ4v) is 1.61. The maximum absolute atomic E-state index is 13.6. The quantitative estimate of drug-likeness (QED) is 0.815. The van der Waals surface area contributed by atoms with Crippen LogP contribution in [0.15, 0.2) is 27.2 Å². The number of esters is 1. The Balaban J connectivity index is 2.32. The number of hydrogen-bond donors (Lipinski definition) is 0. The first kappa shape index (κ1) is 12.7. The lowest BCUT2D eigenvalue weighted by molar-refractivity contribution is 0.0470. The van der Waals surface area contributed by atoms with Gasteiger partial charge in [-0.1, -0.05) is 21.1 Å². The predicted octanol–water partition coefficient (Wildman–Crippen LogP) is 2.81. The Morgan fingerprint density at radius 2 is 2.33 bits per heavy atom. The van der Waals surface area contributed by atoms with Crippen molar-refractivity contribution in [2.75, 3.05) is 6.61 Å². The van der Waals surface area contributed by atoms with E-state index in [1.807, 2.05) is 0 Å². The first-order valence-electron chi connectivity index (χ1n) is 5.08. The number of aromatic nitrogens is 2. The highest BCUT2D eigenvalue weighted by Gasteiger charge is 2.18. The van der Waals surface area contributed by atoms with Gasteiger partial charge in [0.25, 0.3) is 0 Å². The third-order valence-electron chi connectivity index (χ3n) is 2.05. The zero-order chi connectivity index (χ0) is 13.1. The Hall–Kier alpha value is -1.76. The Kier molecular flexibility index (Phi) is 3.71. The highest BCUT2D eigenvalue weighted by molar-refractivity contribution is 9.10. The van der Waals surface area contributed by atoms with E-state index >= 15 is 0 Å². The van der Waals surface area contributed by atoms with Crippen LogP contribution in [0.2, 0.25) is 0 Å². The number of benzene rings is 1. The molecule has 0 aliphatic carbocycles. The molecule has 0 bridgehead atoms. The van der Waals surface area contributed by atoms with Crippen molar-refractivity contribution in [1.82, 2.24) is 10.1 Å². The molecule has 0 unspecified atom stereocenters. The standard InChI is InChI=1S/C11H8BrFN2O3/c1-2-17-11(16)10-14-9(15-18-10)7-4-3-6(12)5-8(7)13/h3-5H,2H2,1H3. The molecule has 18 heavy (non-hydrogen) atoms. The zero-order valence-corrected chi connectivity index (χ0v) is 10.9. The minimum atomic E-state index is -0.728. The van der Waals surface area contributed by atoms with Crippen LogP contribution in [0.4, 0.5) is 4.39 Å². The second kappa shape index (κ2) is 5.26. The predicted molar refractivity (Wildman–Crippen MR) is 63.3 cm³/mol. The highest BCUT2D eigenvalue weighted by Crippen LogP contribution is 2.23. The summed E-state index contributed by atoms with van der Waals surface area (Å²) in [7, 11) is 0. The molecule has 1 aromatic heterocycles. The molecule has 0 radical (unpaired) electrons. The summed E-state index contributed by atoms with van der Waals surface area (Å²) >= 11 is 3.14. The number of carbonyl (C=O) groups is 1. The summed E-state index contributed by atoms with van der Waals surface area (Å²) in [6.45, 7) is 1.85. The van der Waals surface area contributed by atoms with Crippen LogP contribution in [0.1, 0.15) is 17.6 Å². The van der Waals surface area contributed by atoms with Crippen molar-refractivity contribution in [1.29, 1.82) is 0 Å². The van der Waals surface area contributed by atoms with Crippen LogP contribution in [0.3, 0.4) is 0 Å². The van der Waals surface area contributed by atoms with Gasteiger partial charge in [-0.25, -0.2) is 9.18 Å². The van der Waals surface area contributed by atoms with Crippen LogP contribution < -0.4 is 0 Å². The van der Waals surface area contributed by atoms with Crippen molar-refractivity contribution >= 4 is 21.9 Å². The van der Waals surface area contributed by atoms with E-state index in [9.17, 15) is 9.18 Å². The molecule has 1 heterocycles. The van der Waals surface area contributed by atoms with Crippen molar-refractivity contribution < 1.29 is 18.4 Å². The van der Waals surface area contributed by atoms with E-state index in [0.717, 1.165) is 0 Å². The van der Waals surface area contributed by atoms with Gasteiger partial charge in [-0.15, -0.1) is 0 Å². The fourth-order valence-electron chi connectivity index (χ4n) is 1.28. The number of carbonyl (C=O) groups excluding carboxylic acids is 1. The van der Waals surface area contributed by atoms with E-state index in [-0.39, 0.29) is 23.9 Å². The number of hydrogen-bond acceptors (Lipinski definition) is 5. The summed E-state index contributed by atoms with van der Waals surface area (Å²) in [5.74, 6) is -1.54. The molecule has 1 aromatic carbocycles. The molecule has 7 heteroatoms. The van der Waals surface area contributed by atoms with Crippen LogP contribution in [0.5, 0.6) is 0 Å². The minimum absolute atomic E-state index is 0.00283. The van der Waals surface area contributed by atoms with Gasteiger partial charge in [-0.2, -0.15) is 4.98 Å². The van der Waals surface area contributed by atoms with E-state index in [0.29, 0.717) is 4.47 Å². The molecule has 0 fully saturated rings. The molecule has 0 amide bonds. The van der Waals surface area contributed by atoms with Gasteiger partial charge in [0.05, 0.1) is 12.2 Å². The van der Waals surface area contributed by atoms with Crippen LogP contribution >= 0.6 is 15.9 Å². The van der Waals surface area contributed by atoms with Gasteiger partial charge in [0.2, 0.25) is 5.82 Å². The molecule has 0 aliphatic rings. The van der Waals surface area contributed by atoms with E-state index in [4.69, 9.17) is 9.26 Å². The zero-order valence-electron chi connectivity index (χ0n) is 9.31. The van der Waals surface area contributed by atoms with Crippen molar-refractivity contribution in [3.05, 3.63) is 34.4 Å². The van der Waals surface area contributed by atoms with Gasteiger partial charge in [-0.3, -0.25) is 0 Å². The lowest BCUT2D eigenvalue weighted by Gasteiger charge is -1.97. The van der Waals surface area contributed by atoms with Crippen LogP contribution in [0.25, 0.3) is 11.4 Å². The molecule has 2 rings (SSSR count). The van der Waals surface area contributed by atoms with Gasteiger partial charge in [0, 0.05) is 4.47 Å². The summed E-state index contributed by atoms with van der Waals surface area (Å²) in [4.78, 5) is 15.1. The van der Waals surface area contributed by atoms with Crippen LogP contribution in [-0.4, -0.2) is 22.7 Å².